The van der Waals surface area contributed by atoms with E-state index in [1.807, 2.05) is 20.8 Å². The van der Waals surface area contributed by atoms with Crippen molar-refractivity contribution < 1.29 is 8.42 Å². The van der Waals surface area contributed by atoms with Gasteiger partial charge in [0.2, 0.25) is 10.0 Å². The molecule has 1 rings (SSSR count). The molecule has 1 aromatic rings. The summed E-state index contributed by atoms with van der Waals surface area (Å²) in [5.41, 5.74) is 5.65. The Balaban J connectivity index is 2.95. The van der Waals surface area contributed by atoms with Crippen LogP contribution >= 0.6 is 12.2 Å². The van der Waals surface area contributed by atoms with Crippen LogP contribution in [0.1, 0.15) is 26.5 Å². The van der Waals surface area contributed by atoms with Crippen molar-refractivity contribution in [2.45, 2.75) is 31.7 Å². The van der Waals surface area contributed by atoms with E-state index in [4.69, 9.17) is 18.0 Å². The molecule has 0 saturated heterocycles. The molecule has 0 bridgehead atoms. The third-order valence-electron chi connectivity index (χ3n) is 3.08. The van der Waals surface area contributed by atoms with E-state index in [1.54, 1.807) is 6.07 Å². The first-order valence-electron chi connectivity index (χ1n) is 6.81. The van der Waals surface area contributed by atoms with Gasteiger partial charge in [0.15, 0.2) is 0 Å². The van der Waals surface area contributed by atoms with E-state index in [0.29, 0.717) is 6.54 Å². The molecule has 0 aliphatic carbocycles. The number of nitrogens with two attached hydrogens (primary N) is 1. The van der Waals surface area contributed by atoms with E-state index < -0.39 is 10.0 Å². The van der Waals surface area contributed by atoms with E-state index >= 15 is 0 Å². The first-order chi connectivity index (χ1) is 9.81. The number of nitrogens with one attached hydrogen (secondary N) is 1. The second-order valence-electron chi connectivity index (χ2n) is 4.72. The third-order valence-corrected chi connectivity index (χ3v) is 4.89. The van der Waals surface area contributed by atoms with E-state index in [1.165, 1.54) is 12.3 Å². The summed E-state index contributed by atoms with van der Waals surface area (Å²) in [4.78, 5) is 6.08. The lowest BCUT2D eigenvalue weighted by Crippen LogP contribution is -2.42. The van der Waals surface area contributed by atoms with Gasteiger partial charge in [-0.3, -0.25) is 4.98 Å². The molecular weight excluding hydrogens is 308 g/mol. The highest BCUT2D eigenvalue weighted by molar-refractivity contribution is 7.89. The van der Waals surface area contributed by atoms with Gasteiger partial charge in [-0.25, -0.2) is 13.1 Å². The number of hydrogen-bond donors (Lipinski definition) is 2. The van der Waals surface area contributed by atoms with E-state index in [9.17, 15) is 8.42 Å². The molecule has 1 unspecified atom stereocenters. The van der Waals surface area contributed by atoms with Gasteiger partial charge < -0.3 is 10.6 Å². The van der Waals surface area contributed by atoms with Gasteiger partial charge in [0, 0.05) is 18.8 Å². The molecule has 0 spiro atoms. The smallest absolute Gasteiger partial charge is 0.243 e. The summed E-state index contributed by atoms with van der Waals surface area (Å²) in [6, 6.07) is 2.77. The molecule has 6 nitrogen and oxygen atoms in total. The SMILES string of the molecule is CCN(CC)CC(C)NS(=O)(=O)c1cccnc1C(N)=S. The molecule has 0 aliphatic rings. The lowest BCUT2D eigenvalue weighted by molar-refractivity contribution is 0.282. The van der Waals surface area contributed by atoms with Crippen LogP contribution in [0.2, 0.25) is 0 Å². The maximum Gasteiger partial charge on any atom is 0.243 e. The number of hydrogen-bond acceptors (Lipinski definition) is 5. The zero-order chi connectivity index (χ0) is 16.0. The molecule has 118 valence electrons. The summed E-state index contributed by atoms with van der Waals surface area (Å²) in [6.45, 7) is 8.27. The Labute approximate surface area is 131 Å². The highest BCUT2D eigenvalue weighted by Gasteiger charge is 2.23. The first kappa shape index (κ1) is 18.0. The first-order valence-corrected chi connectivity index (χ1v) is 8.70. The molecule has 0 amide bonds. The molecule has 0 aromatic carbocycles. The second-order valence-corrected chi connectivity index (χ2v) is 6.84. The van der Waals surface area contributed by atoms with Crippen LogP contribution in [0.25, 0.3) is 0 Å². The van der Waals surface area contributed by atoms with Crippen molar-refractivity contribution in [2.24, 2.45) is 5.73 Å². The fraction of sp³-hybridized carbons (Fsp3) is 0.538. The zero-order valence-electron chi connectivity index (χ0n) is 12.5. The van der Waals surface area contributed by atoms with Crippen LogP contribution in [0.5, 0.6) is 0 Å². The van der Waals surface area contributed by atoms with Gasteiger partial charge in [-0.15, -0.1) is 0 Å². The Morgan fingerprint density at radius 3 is 2.62 bits per heavy atom. The summed E-state index contributed by atoms with van der Waals surface area (Å²) >= 11 is 4.85. The highest BCUT2D eigenvalue weighted by atomic mass is 32.2. The standard InChI is InChI=1S/C13H22N4O2S2/c1-4-17(5-2)9-10(3)16-21(18,19)11-7-6-8-15-12(11)13(14)20/h6-8,10,16H,4-5,9H2,1-3H3,(H2,14,20). The van der Waals surface area contributed by atoms with Crippen molar-refractivity contribution in [1.82, 2.24) is 14.6 Å². The maximum atomic E-state index is 12.4. The Morgan fingerprint density at radius 1 is 1.48 bits per heavy atom. The molecule has 21 heavy (non-hydrogen) atoms. The lowest BCUT2D eigenvalue weighted by atomic mass is 10.3. The fourth-order valence-corrected chi connectivity index (χ4v) is 3.66. The number of thiocarbonyl (C=S) groups is 1. The molecule has 1 heterocycles. The predicted octanol–water partition coefficient (Wildman–Crippen LogP) is 0.724. The van der Waals surface area contributed by atoms with Gasteiger partial charge in [0.1, 0.15) is 15.6 Å². The average Bonchev–Trinajstić information content (AvgIpc) is 2.44. The molecule has 1 atom stereocenters. The Hall–Kier alpha value is -1.09. The van der Waals surface area contributed by atoms with Crippen molar-refractivity contribution in [3.63, 3.8) is 0 Å². The van der Waals surface area contributed by atoms with Crippen molar-refractivity contribution in [1.29, 1.82) is 0 Å². The van der Waals surface area contributed by atoms with Crippen LogP contribution in [0.15, 0.2) is 23.2 Å². The fourth-order valence-electron chi connectivity index (χ4n) is 2.03. The van der Waals surface area contributed by atoms with E-state index in [0.717, 1.165) is 13.1 Å². The van der Waals surface area contributed by atoms with Gasteiger partial charge in [-0.2, -0.15) is 0 Å². The van der Waals surface area contributed by atoms with E-state index in [-0.39, 0.29) is 21.6 Å². The van der Waals surface area contributed by atoms with Crippen LogP contribution < -0.4 is 10.5 Å². The number of nitrogens with zero attached hydrogens (tertiary/aromatic N) is 2. The highest BCUT2D eigenvalue weighted by Crippen LogP contribution is 2.13. The third kappa shape index (κ3) is 4.99. The monoisotopic (exact) mass is 330 g/mol. The average molecular weight is 330 g/mol. The van der Waals surface area contributed by atoms with Gasteiger partial charge >= 0.3 is 0 Å². The van der Waals surface area contributed by atoms with Gasteiger partial charge in [0.05, 0.1) is 0 Å². The minimum atomic E-state index is -3.70. The second kappa shape index (κ2) is 7.79. The summed E-state index contributed by atoms with van der Waals surface area (Å²) in [5.74, 6) is 0. The molecular formula is C13H22N4O2S2. The quantitative estimate of drug-likeness (QED) is 0.683. The van der Waals surface area contributed by atoms with Crippen LogP contribution in [0.3, 0.4) is 0 Å². The topological polar surface area (TPSA) is 88.3 Å². The number of aromatic nitrogens is 1. The molecule has 0 radical (unpaired) electrons. The van der Waals surface area contributed by atoms with Crippen molar-refractivity contribution >= 4 is 27.2 Å². The van der Waals surface area contributed by atoms with Gasteiger partial charge in [0.25, 0.3) is 0 Å². The zero-order valence-corrected chi connectivity index (χ0v) is 14.2. The van der Waals surface area contributed by atoms with Gasteiger partial charge in [-0.1, -0.05) is 26.1 Å². The van der Waals surface area contributed by atoms with Gasteiger partial charge in [-0.05, 0) is 32.1 Å². The number of rotatable bonds is 8. The van der Waals surface area contributed by atoms with Crippen LogP contribution in [0, 0.1) is 0 Å². The minimum Gasteiger partial charge on any atom is -0.388 e. The number of pyridine rings is 1. The Morgan fingerprint density at radius 2 is 2.10 bits per heavy atom. The molecule has 0 aliphatic heterocycles. The summed E-state index contributed by atoms with van der Waals surface area (Å²) < 4.78 is 27.5. The Kier molecular flexibility index (Phi) is 6.66. The lowest BCUT2D eigenvalue weighted by Gasteiger charge is -2.23. The molecule has 1 aromatic heterocycles. The Bertz CT molecular complexity index is 586. The van der Waals surface area contributed by atoms with Crippen LogP contribution in [-0.4, -0.2) is 49.0 Å². The summed E-state index contributed by atoms with van der Waals surface area (Å²) in [7, 11) is -3.70. The summed E-state index contributed by atoms with van der Waals surface area (Å²) in [6.07, 6.45) is 1.47. The largest absolute Gasteiger partial charge is 0.388 e. The summed E-state index contributed by atoms with van der Waals surface area (Å²) in [5, 5.41) is 0. The van der Waals surface area contributed by atoms with E-state index in [2.05, 4.69) is 14.6 Å². The molecule has 8 heteroatoms. The van der Waals surface area contributed by atoms with Crippen molar-refractivity contribution in [3.8, 4) is 0 Å². The number of likely N-dealkylation sites (N-methyl/N-ethyl adjacent to an activating group) is 1. The normalized spacial score (nSPS) is 13.3. The maximum absolute atomic E-state index is 12.4. The van der Waals surface area contributed by atoms with Crippen LogP contribution in [-0.2, 0) is 10.0 Å². The molecule has 3 N–H and O–H groups in total. The minimum absolute atomic E-state index is 0.0175. The number of sulfonamides is 1. The van der Waals surface area contributed by atoms with Crippen molar-refractivity contribution in [3.05, 3.63) is 24.0 Å². The molecule has 0 saturated carbocycles. The molecule has 0 fully saturated rings. The van der Waals surface area contributed by atoms with Crippen LogP contribution in [0.4, 0.5) is 0 Å². The predicted molar refractivity (Wildman–Crippen MR) is 87.7 cm³/mol. The van der Waals surface area contributed by atoms with Crippen molar-refractivity contribution in [2.75, 3.05) is 19.6 Å².